The molecule has 1 unspecified atom stereocenters. The van der Waals surface area contributed by atoms with Crippen molar-refractivity contribution >= 4 is 11.7 Å². The second-order valence-electron chi connectivity index (χ2n) is 8.24. The van der Waals surface area contributed by atoms with E-state index in [1.807, 2.05) is 0 Å². The lowest BCUT2D eigenvalue weighted by Crippen LogP contribution is -2.25. The average molecular weight is 431 g/mol. The van der Waals surface area contributed by atoms with E-state index >= 15 is 0 Å². The van der Waals surface area contributed by atoms with Crippen LogP contribution >= 0.6 is 0 Å². The summed E-state index contributed by atoms with van der Waals surface area (Å²) in [5, 5.41) is 0. The van der Waals surface area contributed by atoms with Gasteiger partial charge in [0.25, 0.3) is 0 Å². The number of hydrogen-bond acceptors (Lipinski definition) is 6. The number of aryl methyl sites for hydroxylation is 1. The molecule has 2 fully saturated rings. The van der Waals surface area contributed by atoms with Crippen molar-refractivity contribution in [2.45, 2.75) is 52.1 Å². The third kappa shape index (κ3) is 4.94. The fourth-order valence-electron chi connectivity index (χ4n) is 4.04. The van der Waals surface area contributed by atoms with Gasteiger partial charge in [-0.05, 0) is 57.6 Å². The first-order valence-electron chi connectivity index (χ1n) is 10.8. The van der Waals surface area contributed by atoms with Gasteiger partial charge in [-0.15, -0.1) is 0 Å². The summed E-state index contributed by atoms with van der Waals surface area (Å²) < 4.78 is 40.8. The Morgan fingerprint density at radius 1 is 1.16 bits per heavy atom. The molecular formula is C23H27F2N3O3. The largest absolute Gasteiger partial charge is 0.474 e. The number of rotatable bonds is 7. The molecule has 1 aromatic heterocycles. The van der Waals surface area contributed by atoms with Crippen LogP contribution in [0.25, 0.3) is 11.4 Å². The number of anilines is 1. The number of carbonyl (C=O) groups excluding carboxylic acids is 1. The van der Waals surface area contributed by atoms with Crippen molar-refractivity contribution < 1.29 is 23.0 Å². The van der Waals surface area contributed by atoms with Crippen LogP contribution in [0.5, 0.6) is 5.88 Å². The van der Waals surface area contributed by atoms with E-state index in [1.54, 1.807) is 24.8 Å². The van der Waals surface area contributed by atoms with Crippen LogP contribution in [0.4, 0.5) is 14.5 Å². The zero-order valence-electron chi connectivity index (χ0n) is 17.9. The van der Waals surface area contributed by atoms with Crippen molar-refractivity contribution in [1.82, 2.24) is 9.97 Å². The molecule has 2 heterocycles. The number of hydrogen-bond donors (Lipinski definition) is 0. The molecule has 31 heavy (non-hydrogen) atoms. The van der Waals surface area contributed by atoms with E-state index in [2.05, 4.69) is 9.97 Å². The van der Waals surface area contributed by atoms with Gasteiger partial charge < -0.3 is 14.4 Å². The van der Waals surface area contributed by atoms with Crippen molar-refractivity contribution in [2.75, 3.05) is 24.6 Å². The smallest absolute Gasteiger partial charge is 0.306 e. The molecule has 1 aromatic carbocycles. The van der Waals surface area contributed by atoms with Crippen molar-refractivity contribution in [1.29, 1.82) is 0 Å². The zero-order valence-corrected chi connectivity index (χ0v) is 17.9. The van der Waals surface area contributed by atoms with Crippen molar-refractivity contribution in [3.05, 3.63) is 35.5 Å². The molecule has 6 nitrogen and oxygen atoms in total. The SMILES string of the molecule is CCOC(=O)CC1CCN(c2c(F)cc(-c3nc(C)cc(OC4CCC4)n3)cc2F)C1. The third-order valence-corrected chi connectivity index (χ3v) is 5.81. The molecule has 2 aromatic rings. The Bertz CT molecular complexity index is 942. The topological polar surface area (TPSA) is 64.5 Å². The summed E-state index contributed by atoms with van der Waals surface area (Å²) >= 11 is 0. The van der Waals surface area contributed by atoms with Gasteiger partial charge in [0.2, 0.25) is 5.88 Å². The standard InChI is InChI=1S/C23H27F2N3O3/c1-3-30-21(29)10-15-7-8-28(13-15)22-18(24)11-16(12-19(22)25)23-26-14(2)9-20(27-23)31-17-5-4-6-17/h9,11-12,15,17H,3-8,10,13H2,1-2H3. The fourth-order valence-corrected chi connectivity index (χ4v) is 4.04. The summed E-state index contributed by atoms with van der Waals surface area (Å²) in [4.78, 5) is 22.1. The molecule has 0 radical (unpaired) electrons. The van der Waals surface area contributed by atoms with Crippen molar-refractivity contribution in [3.8, 4) is 17.3 Å². The molecule has 8 heteroatoms. The Hall–Kier alpha value is -2.77. The van der Waals surface area contributed by atoms with Gasteiger partial charge in [0, 0.05) is 30.4 Å². The van der Waals surface area contributed by atoms with Crippen LogP contribution in [0.3, 0.4) is 0 Å². The second kappa shape index (κ2) is 9.16. The zero-order chi connectivity index (χ0) is 22.0. The molecule has 1 atom stereocenters. The monoisotopic (exact) mass is 431 g/mol. The van der Waals surface area contributed by atoms with Crippen LogP contribution in [-0.4, -0.2) is 41.7 Å². The first-order chi connectivity index (χ1) is 14.9. The van der Waals surface area contributed by atoms with Gasteiger partial charge >= 0.3 is 5.97 Å². The summed E-state index contributed by atoms with van der Waals surface area (Å²) in [6.45, 7) is 4.78. The molecule has 4 rings (SSSR count). The summed E-state index contributed by atoms with van der Waals surface area (Å²) in [5.41, 5.74) is 0.863. The van der Waals surface area contributed by atoms with Gasteiger partial charge in [-0.2, -0.15) is 4.98 Å². The number of ether oxygens (including phenoxy) is 2. The highest BCUT2D eigenvalue weighted by Gasteiger charge is 2.29. The number of benzene rings is 1. The van der Waals surface area contributed by atoms with E-state index in [-0.39, 0.29) is 41.5 Å². The van der Waals surface area contributed by atoms with Gasteiger partial charge in [-0.1, -0.05) is 0 Å². The minimum Gasteiger partial charge on any atom is -0.474 e. The van der Waals surface area contributed by atoms with E-state index in [0.717, 1.165) is 19.3 Å². The molecule has 0 amide bonds. The lowest BCUT2D eigenvalue weighted by atomic mass is 9.96. The van der Waals surface area contributed by atoms with Crippen LogP contribution in [0.1, 0.15) is 44.7 Å². The molecule has 1 saturated carbocycles. The van der Waals surface area contributed by atoms with Crippen LogP contribution in [0, 0.1) is 24.5 Å². The number of nitrogens with zero attached hydrogens (tertiary/aromatic N) is 3. The molecule has 1 aliphatic carbocycles. The number of halogens is 2. The number of carbonyl (C=O) groups is 1. The third-order valence-electron chi connectivity index (χ3n) is 5.81. The molecular weight excluding hydrogens is 404 g/mol. The van der Waals surface area contributed by atoms with Gasteiger partial charge in [-0.25, -0.2) is 13.8 Å². The first kappa shape index (κ1) is 21.5. The Labute approximate surface area is 180 Å². The quantitative estimate of drug-likeness (QED) is 0.604. The van der Waals surface area contributed by atoms with E-state index in [1.165, 1.54) is 12.1 Å². The highest BCUT2D eigenvalue weighted by molar-refractivity contribution is 5.70. The molecule has 0 N–H and O–H groups in total. The maximum absolute atomic E-state index is 15.0. The maximum Gasteiger partial charge on any atom is 0.306 e. The molecule has 1 aliphatic heterocycles. The van der Waals surface area contributed by atoms with E-state index < -0.39 is 11.6 Å². The Kier molecular flexibility index (Phi) is 6.34. The summed E-state index contributed by atoms with van der Waals surface area (Å²) in [6.07, 6.45) is 4.20. The van der Waals surface area contributed by atoms with E-state index in [4.69, 9.17) is 9.47 Å². The van der Waals surface area contributed by atoms with Gasteiger partial charge in [0.15, 0.2) is 5.82 Å². The predicted molar refractivity (Wildman–Crippen MR) is 112 cm³/mol. The molecule has 166 valence electrons. The van der Waals surface area contributed by atoms with Crippen LogP contribution < -0.4 is 9.64 Å². The molecule has 1 saturated heterocycles. The number of aromatic nitrogens is 2. The maximum atomic E-state index is 15.0. The Morgan fingerprint density at radius 2 is 1.90 bits per heavy atom. The highest BCUT2D eigenvalue weighted by Crippen LogP contribution is 2.34. The summed E-state index contributed by atoms with van der Waals surface area (Å²) in [5.74, 6) is -0.929. The van der Waals surface area contributed by atoms with E-state index in [9.17, 15) is 13.6 Å². The second-order valence-corrected chi connectivity index (χ2v) is 8.24. The molecule has 0 bridgehead atoms. The van der Waals surface area contributed by atoms with Crippen LogP contribution in [0.2, 0.25) is 0 Å². The Balaban J connectivity index is 1.52. The fraction of sp³-hybridized carbons (Fsp3) is 0.522. The van der Waals surface area contributed by atoms with Crippen LogP contribution in [0.15, 0.2) is 18.2 Å². The molecule has 2 aliphatic rings. The minimum absolute atomic E-state index is 0.0174. The van der Waals surface area contributed by atoms with E-state index in [0.29, 0.717) is 37.7 Å². The van der Waals surface area contributed by atoms with Crippen molar-refractivity contribution in [3.63, 3.8) is 0 Å². The predicted octanol–water partition coefficient (Wildman–Crippen LogP) is 4.44. The first-order valence-corrected chi connectivity index (χ1v) is 10.8. The number of esters is 1. The lowest BCUT2D eigenvalue weighted by Gasteiger charge is -2.26. The molecule has 0 spiro atoms. The van der Waals surface area contributed by atoms with Crippen molar-refractivity contribution in [2.24, 2.45) is 5.92 Å². The summed E-state index contributed by atoms with van der Waals surface area (Å²) in [6, 6.07) is 4.26. The highest BCUT2D eigenvalue weighted by atomic mass is 19.1. The average Bonchev–Trinajstić information content (AvgIpc) is 3.11. The summed E-state index contributed by atoms with van der Waals surface area (Å²) in [7, 11) is 0. The lowest BCUT2D eigenvalue weighted by molar-refractivity contribution is -0.144. The normalized spacial score (nSPS) is 18.7. The van der Waals surface area contributed by atoms with Crippen LogP contribution in [-0.2, 0) is 9.53 Å². The van der Waals surface area contributed by atoms with Gasteiger partial charge in [0.1, 0.15) is 23.4 Å². The van der Waals surface area contributed by atoms with Gasteiger partial charge in [0.05, 0.1) is 13.0 Å². The minimum atomic E-state index is -0.668. The Morgan fingerprint density at radius 3 is 2.55 bits per heavy atom. The van der Waals surface area contributed by atoms with Gasteiger partial charge in [-0.3, -0.25) is 4.79 Å².